The van der Waals surface area contributed by atoms with Gasteiger partial charge in [-0.25, -0.2) is 28.4 Å². The number of ether oxygens (including phenoxy) is 2. The monoisotopic (exact) mass is 638 g/mol. The molecule has 0 amide bonds. The van der Waals surface area contributed by atoms with Crippen LogP contribution in [0, 0.1) is 0 Å². The summed E-state index contributed by atoms with van der Waals surface area (Å²) in [5.41, 5.74) is -0.462. The topological polar surface area (TPSA) is 313 Å². The first-order valence-corrected chi connectivity index (χ1v) is 13.3. The molecule has 0 aromatic carbocycles. The minimum Gasteiger partial charge on any atom is -0.726 e. The third-order valence-corrected chi connectivity index (χ3v) is 6.93. The maximum atomic E-state index is 11.6. The zero-order chi connectivity index (χ0) is 30.3. The number of rotatable bonds is 6. The first-order valence-electron chi connectivity index (χ1n) is 12.0. The van der Waals surface area contributed by atoms with Crippen LogP contribution in [0.5, 0.6) is 0 Å². The van der Waals surface area contributed by atoms with Gasteiger partial charge in [0, 0.05) is 0 Å². The average Bonchev–Trinajstić information content (AvgIpc) is 3.70. The van der Waals surface area contributed by atoms with Crippen molar-refractivity contribution < 1.29 is 81.7 Å². The number of aromatic nitrogens is 8. The van der Waals surface area contributed by atoms with Crippen molar-refractivity contribution >= 4 is 32.7 Å². The maximum Gasteiger partial charge on any atom is 1.00 e. The summed E-state index contributed by atoms with van der Waals surface area (Å²) in [6.07, 6.45) is -4.91. The summed E-state index contributed by atoms with van der Waals surface area (Å²) in [4.78, 5) is 43.4. The van der Waals surface area contributed by atoms with Crippen LogP contribution in [-0.2, 0) is 24.1 Å². The Labute approximate surface area is 261 Å². The molecule has 228 valence electrons. The van der Waals surface area contributed by atoms with Gasteiger partial charge in [-0.2, -0.15) is 0 Å². The van der Waals surface area contributed by atoms with Gasteiger partial charge in [0.05, 0.1) is 38.5 Å². The van der Waals surface area contributed by atoms with Gasteiger partial charge in [-0.3, -0.25) is 22.9 Å². The van der Waals surface area contributed by atoms with Crippen LogP contribution in [0.4, 0.5) is 0 Å². The Morgan fingerprint density at radius 1 is 0.814 bits per heavy atom. The van der Waals surface area contributed by atoms with E-state index in [1.165, 1.54) is 28.1 Å². The molecule has 0 aliphatic carbocycles. The van der Waals surface area contributed by atoms with Gasteiger partial charge < -0.3 is 49.5 Å². The number of H-pyrrole nitrogens is 2. The number of imidazole rings is 2. The van der Waals surface area contributed by atoms with Crippen molar-refractivity contribution in [2.24, 2.45) is 0 Å². The van der Waals surface area contributed by atoms with Gasteiger partial charge in [0.15, 0.2) is 34.8 Å². The van der Waals surface area contributed by atoms with Gasteiger partial charge in [-0.05, 0) is 0 Å². The Morgan fingerprint density at radius 2 is 1.26 bits per heavy atom. The summed E-state index contributed by atoms with van der Waals surface area (Å²) in [5.74, 6) is 0. The molecule has 0 saturated carbocycles. The first-order chi connectivity index (χ1) is 19.9. The van der Waals surface area contributed by atoms with Gasteiger partial charge in [0.2, 0.25) is 10.4 Å². The molecular weight excluding hydrogens is 615 g/mol. The van der Waals surface area contributed by atoms with Crippen LogP contribution in [0.3, 0.4) is 0 Å². The Hall–Kier alpha value is -2.71. The molecule has 8 atom stereocenters. The van der Waals surface area contributed by atoms with E-state index in [1.807, 2.05) is 0 Å². The third kappa shape index (κ3) is 6.56. The molecule has 6 rings (SSSR count). The van der Waals surface area contributed by atoms with E-state index in [0.717, 1.165) is 6.33 Å². The predicted octanol–water partition coefficient (Wildman–Crippen LogP) is -8.05. The number of nitrogens with zero attached hydrogens (tertiary/aromatic N) is 6. The molecule has 21 nitrogen and oxygen atoms in total. The second-order valence-corrected chi connectivity index (χ2v) is 10.1. The number of aromatic amines is 2. The molecule has 6 heterocycles. The van der Waals surface area contributed by atoms with E-state index in [2.05, 4.69) is 34.1 Å². The van der Waals surface area contributed by atoms with Crippen LogP contribution >= 0.6 is 0 Å². The fourth-order valence-corrected chi connectivity index (χ4v) is 4.76. The van der Waals surface area contributed by atoms with E-state index < -0.39 is 83.8 Å². The molecule has 2 aliphatic heterocycles. The average molecular weight is 639 g/mol. The normalized spacial score (nSPS) is 29.0. The minimum atomic E-state index is -4.96. The summed E-state index contributed by atoms with van der Waals surface area (Å²) in [5, 5.41) is 48.6. The molecule has 2 fully saturated rings. The van der Waals surface area contributed by atoms with Gasteiger partial charge in [-0.1, -0.05) is 0 Å². The summed E-state index contributed by atoms with van der Waals surface area (Å²) in [6.45, 7) is -1.18. The van der Waals surface area contributed by atoms with Gasteiger partial charge in [0.1, 0.15) is 36.6 Å². The Balaban J connectivity index is 0.000000195. The molecule has 7 N–H and O–H groups in total. The van der Waals surface area contributed by atoms with Crippen molar-refractivity contribution in [2.45, 2.75) is 49.1 Å². The number of aliphatic hydroxyl groups is 5. The molecule has 0 radical (unpaired) electrons. The van der Waals surface area contributed by atoms with Crippen molar-refractivity contribution in [3.63, 3.8) is 0 Å². The van der Waals surface area contributed by atoms with Crippen LogP contribution in [0.1, 0.15) is 12.5 Å². The second-order valence-electron chi connectivity index (χ2n) is 9.08. The predicted molar refractivity (Wildman–Crippen MR) is 131 cm³/mol. The molecule has 0 spiro atoms. The molecule has 0 bridgehead atoms. The standard InChI is InChI=1S/C10H12N4O8S.C10H12N4O5.Na/c15-6-4(1-21-23(18,19)20)22-10(7(6)16)14-3-13-5-8(14)11-2-12-9(5)17;15-1-4-6(16)7(17)10(19-4)14-3-13-5-8(14)11-2-12-9(5)18;/h2-4,6-7,10,15-16H,1H2,(H,11,12,17)(H,18,19,20);2-4,6-7,10,15-17H,1H2,(H,11,12,18);/q;;+1/p-1/t4-,6?,7?,10?;4-,6-,7-,10-;/m11./s1. The molecule has 43 heavy (non-hydrogen) atoms. The van der Waals surface area contributed by atoms with Crippen molar-refractivity contribution in [1.29, 1.82) is 0 Å². The maximum absolute atomic E-state index is 11.6. The first kappa shape index (κ1) is 33.2. The Kier molecular flexibility index (Phi) is 10.1. The van der Waals surface area contributed by atoms with Crippen molar-refractivity contribution in [3.05, 3.63) is 46.0 Å². The van der Waals surface area contributed by atoms with Crippen LogP contribution in [0.2, 0.25) is 0 Å². The molecule has 23 heteroatoms. The van der Waals surface area contributed by atoms with E-state index in [-0.39, 0.29) is 51.9 Å². The van der Waals surface area contributed by atoms with Crippen LogP contribution in [0.25, 0.3) is 22.3 Å². The van der Waals surface area contributed by atoms with Crippen molar-refractivity contribution in [2.75, 3.05) is 13.2 Å². The summed E-state index contributed by atoms with van der Waals surface area (Å²) in [6, 6.07) is 0. The molecule has 2 saturated heterocycles. The molecule has 3 unspecified atom stereocenters. The quantitative estimate of drug-likeness (QED) is 0.0585. The molecular formula is C20H23N8NaO13S. The smallest absolute Gasteiger partial charge is 0.726 e. The fraction of sp³-hybridized carbons (Fsp3) is 0.500. The molecule has 4 aromatic rings. The molecule has 4 aromatic heterocycles. The van der Waals surface area contributed by atoms with E-state index >= 15 is 0 Å². The van der Waals surface area contributed by atoms with Gasteiger partial charge in [-0.15, -0.1) is 0 Å². The SMILES string of the molecule is O=c1[nH]cnc2c1ncn2C1O[C@H](COS(=O)(=O)[O-])C(O)C1O.O=c1[nH]cnc2c1ncn2[C@@H]1O[C@H](CO)[C@@H](O)[C@H]1O.[Na+]. The second kappa shape index (κ2) is 13.1. The summed E-state index contributed by atoms with van der Waals surface area (Å²) in [7, 11) is -4.96. The zero-order valence-corrected chi connectivity index (χ0v) is 24.8. The summed E-state index contributed by atoms with van der Waals surface area (Å²) >= 11 is 0. The molecule has 2 aliphatic rings. The zero-order valence-electron chi connectivity index (χ0n) is 21.9. The number of fused-ring (bicyclic) bond motifs is 2. The summed E-state index contributed by atoms with van der Waals surface area (Å²) < 4.78 is 48.6. The Bertz CT molecular complexity index is 1790. The van der Waals surface area contributed by atoms with E-state index in [4.69, 9.17) is 14.6 Å². The van der Waals surface area contributed by atoms with Crippen LogP contribution in [-0.4, -0.2) is 127 Å². The Morgan fingerprint density at radius 3 is 1.67 bits per heavy atom. The third-order valence-electron chi connectivity index (χ3n) is 6.51. The van der Waals surface area contributed by atoms with Gasteiger partial charge in [0.25, 0.3) is 11.1 Å². The van der Waals surface area contributed by atoms with E-state index in [1.54, 1.807) is 0 Å². The minimum absolute atomic E-state index is 0. The number of nitrogens with one attached hydrogen (secondary N) is 2. The van der Waals surface area contributed by atoms with Crippen LogP contribution in [0.15, 0.2) is 34.9 Å². The van der Waals surface area contributed by atoms with Crippen molar-refractivity contribution in [3.8, 4) is 0 Å². The largest absolute Gasteiger partial charge is 1.00 e. The van der Waals surface area contributed by atoms with Crippen molar-refractivity contribution in [1.82, 2.24) is 39.0 Å². The van der Waals surface area contributed by atoms with Crippen LogP contribution < -0.4 is 40.7 Å². The number of aliphatic hydroxyl groups excluding tert-OH is 5. The van der Waals surface area contributed by atoms with Gasteiger partial charge >= 0.3 is 29.6 Å². The fourth-order valence-electron chi connectivity index (χ4n) is 4.46. The van der Waals surface area contributed by atoms with E-state index in [9.17, 15) is 43.0 Å². The van der Waals surface area contributed by atoms with E-state index in [0.29, 0.717) is 0 Å². The number of hydrogen-bond acceptors (Lipinski definition) is 17. The number of hydrogen-bond donors (Lipinski definition) is 7.